The Bertz CT molecular complexity index is 1230. The number of carbonyl (C=O) groups excluding carboxylic acids is 2. The summed E-state index contributed by atoms with van der Waals surface area (Å²) in [7, 11) is -4.14. The number of aromatic nitrogens is 2. The summed E-state index contributed by atoms with van der Waals surface area (Å²) >= 11 is 6.49. The van der Waals surface area contributed by atoms with E-state index in [4.69, 9.17) is 11.6 Å². The standard InChI is InChI=1S/C20H20ClN5O4S2/c1-3-12(2)22-18(28)15-6-4-5-7-16(15)26-32(29,30)20-25-24-19(31-20)23-17(27)13-8-10-14(21)11-9-13/h4-12,26H,3H2,1-2H3,(H,22,28)(H,23,24,27)/t12-/m1/s1. The zero-order chi connectivity index (χ0) is 23.3. The van der Waals surface area contributed by atoms with E-state index in [-0.39, 0.29) is 26.8 Å². The summed E-state index contributed by atoms with van der Waals surface area (Å²) in [6.07, 6.45) is 0.731. The van der Waals surface area contributed by atoms with Crippen molar-refractivity contribution in [1.29, 1.82) is 0 Å². The third-order valence-corrected chi connectivity index (χ3v) is 7.19. The van der Waals surface area contributed by atoms with Gasteiger partial charge in [-0.1, -0.05) is 42.0 Å². The van der Waals surface area contributed by atoms with Crippen molar-refractivity contribution in [1.82, 2.24) is 15.5 Å². The molecule has 9 nitrogen and oxygen atoms in total. The number of para-hydroxylation sites is 1. The van der Waals surface area contributed by atoms with Crippen LogP contribution in [0.5, 0.6) is 0 Å². The maximum atomic E-state index is 12.8. The van der Waals surface area contributed by atoms with Crippen molar-refractivity contribution in [2.75, 3.05) is 10.0 Å². The molecule has 0 unspecified atom stereocenters. The predicted octanol–water partition coefficient (Wildman–Crippen LogP) is 3.77. The molecule has 2 amide bonds. The number of hydrogen-bond donors (Lipinski definition) is 3. The van der Waals surface area contributed by atoms with Gasteiger partial charge in [0.25, 0.3) is 26.2 Å². The van der Waals surface area contributed by atoms with Crippen LogP contribution in [0.25, 0.3) is 0 Å². The second-order valence-electron chi connectivity index (χ2n) is 6.77. The predicted molar refractivity (Wildman–Crippen MR) is 124 cm³/mol. The van der Waals surface area contributed by atoms with Crippen LogP contribution in [-0.4, -0.2) is 36.5 Å². The van der Waals surface area contributed by atoms with Gasteiger partial charge in [0.05, 0.1) is 11.3 Å². The molecule has 0 fully saturated rings. The highest BCUT2D eigenvalue weighted by Crippen LogP contribution is 2.25. The van der Waals surface area contributed by atoms with E-state index in [2.05, 4.69) is 25.6 Å². The normalized spacial score (nSPS) is 12.1. The number of carbonyl (C=O) groups is 2. The smallest absolute Gasteiger partial charge is 0.291 e. The van der Waals surface area contributed by atoms with Crippen molar-refractivity contribution in [3.63, 3.8) is 0 Å². The summed E-state index contributed by atoms with van der Waals surface area (Å²) in [6.45, 7) is 3.78. The number of hydrogen-bond acceptors (Lipinski definition) is 7. The lowest BCUT2D eigenvalue weighted by molar-refractivity contribution is 0.0939. The average Bonchev–Trinajstić information content (AvgIpc) is 3.23. The number of nitrogens with one attached hydrogen (secondary N) is 3. The molecule has 1 atom stereocenters. The minimum atomic E-state index is -4.14. The molecule has 0 radical (unpaired) electrons. The Morgan fingerprint density at radius 3 is 2.44 bits per heavy atom. The Balaban J connectivity index is 1.76. The van der Waals surface area contributed by atoms with Crippen molar-refractivity contribution in [2.24, 2.45) is 0 Å². The van der Waals surface area contributed by atoms with E-state index >= 15 is 0 Å². The Morgan fingerprint density at radius 1 is 1.06 bits per heavy atom. The van der Waals surface area contributed by atoms with Crippen LogP contribution in [0.15, 0.2) is 52.9 Å². The van der Waals surface area contributed by atoms with Gasteiger partial charge in [0.15, 0.2) is 0 Å². The number of rotatable bonds is 8. The van der Waals surface area contributed by atoms with Crippen molar-refractivity contribution in [3.05, 3.63) is 64.7 Å². The second-order valence-corrected chi connectivity index (χ2v) is 10.0. The fourth-order valence-electron chi connectivity index (χ4n) is 2.50. The van der Waals surface area contributed by atoms with Gasteiger partial charge >= 0.3 is 0 Å². The van der Waals surface area contributed by atoms with E-state index in [1.807, 2.05) is 13.8 Å². The van der Waals surface area contributed by atoms with Gasteiger partial charge in [0.1, 0.15) is 0 Å². The van der Waals surface area contributed by atoms with Crippen LogP contribution < -0.4 is 15.4 Å². The van der Waals surface area contributed by atoms with Crippen LogP contribution in [0.4, 0.5) is 10.8 Å². The van der Waals surface area contributed by atoms with E-state index in [1.54, 1.807) is 24.3 Å². The van der Waals surface area contributed by atoms with Crippen LogP contribution >= 0.6 is 22.9 Å². The molecular formula is C20H20ClN5O4S2. The topological polar surface area (TPSA) is 130 Å². The molecule has 12 heteroatoms. The van der Waals surface area contributed by atoms with E-state index in [1.165, 1.54) is 24.3 Å². The molecule has 3 rings (SSSR count). The molecule has 168 valence electrons. The Labute approximate surface area is 194 Å². The minimum absolute atomic E-state index is 0.00752. The van der Waals surface area contributed by atoms with Gasteiger partial charge in [-0.25, -0.2) is 0 Å². The van der Waals surface area contributed by atoms with Crippen LogP contribution in [0, 0.1) is 0 Å². The lowest BCUT2D eigenvalue weighted by atomic mass is 10.1. The fourth-order valence-corrected chi connectivity index (χ4v) is 4.60. The first-order valence-corrected chi connectivity index (χ1v) is 12.2. The highest BCUT2D eigenvalue weighted by Gasteiger charge is 2.24. The monoisotopic (exact) mass is 493 g/mol. The number of anilines is 2. The quantitative estimate of drug-likeness (QED) is 0.409. The molecule has 0 aliphatic heterocycles. The third-order valence-electron chi connectivity index (χ3n) is 4.37. The molecule has 0 saturated heterocycles. The summed E-state index contributed by atoms with van der Waals surface area (Å²) in [5.74, 6) is -0.882. The minimum Gasteiger partial charge on any atom is -0.350 e. The Hall–Kier alpha value is -3.02. The first kappa shape index (κ1) is 23.6. The number of nitrogens with zero attached hydrogens (tertiary/aromatic N) is 2. The van der Waals surface area contributed by atoms with Crippen molar-refractivity contribution in [3.8, 4) is 0 Å². The fraction of sp³-hybridized carbons (Fsp3) is 0.200. The first-order valence-electron chi connectivity index (χ1n) is 9.52. The zero-order valence-electron chi connectivity index (χ0n) is 17.1. The van der Waals surface area contributed by atoms with Gasteiger partial charge in [-0.2, -0.15) is 8.42 Å². The molecule has 0 spiro atoms. The largest absolute Gasteiger partial charge is 0.350 e. The third kappa shape index (κ3) is 5.81. The molecule has 0 aliphatic carbocycles. The zero-order valence-corrected chi connectivity index (χ0v) is 19.5. The van der Waals surface area contributed by atoms with Gasteiger partial charge < -0.3 is 5.32 Å². The lowest BCUT2D eigenvalue weighted by Gasteiger charge is -2.14. The summed E-state index contributed by atoms with van der Waals surface area (Å²) in [5, 5.41) is 13.2. The van der Waals surface area contributed by atoms with Crippen molar-refractivity contribution < 1.29 is 18.0 Å². The maximum absolute atomic E-state index is 12.8. The number of benzene rings is 2. The van der Waals surface area contributed by atoms with Gasteiger partial charge in [-0.05, 0) is 49.7 Å². The van der Waals surface area contributed by atoms with Crippen molar-refractivity contribution in [2.45, 2.75) is 30.6 Å². The Morgan fingerprint density at radius 2 is 1.75 bits per heavy atom. The highest BCUT2D eigenvalue weighted by atomic mass is 35.5. The lowest BCUT2D eigenvalue weighted by Crippen LogP contribution is -2.32. The van der Waals surface area contributed by atoms with E-state index in [0.717, 1.165) is 6.42 Å². The Kier molecular flexibility index (Phi) is 7.44. The van der Waals surface area contributed by atoms with Crippen LogP contribution in [-0.2, 0) is 10.0 Å². The number of sulfonamides is 1. The molecule has 1 heterocycles. The first-order chi connectivity index (χ1) is 15.2. The maximum Gasteiger partial charge on any atom is 0.291 e. The summed E-state index contributed by atoms with van der Waals surface area (Å²) in [5.41, 5.74) is 0.612. The molecule has 3 N–H and O–H groups in total. The van der Waals surface area contributed by atoms with Crippen LogP contribution in [0.2, 0.25) is 5.02 Å². The molecular weight excluding hydrogens is 474 g/mol. The van der Waals surface area contributed by atoms with Crippen molar-refractivity contribution >= 4 is 55.6 Å². The van der Waals surface area contributed by atoms with E-state index < -0.39 is 21.8 Å². The SMILES string of the molecule is CC[C@@H](C)NC(=O)c1ccccc1NS(=O)(=O)c1nnc(NC(=O)c2ccc(Cl)cc2)s1. The second kappa shape index (κ2) is 10.1. The molecule has 32 heavy (non-hydrogen) atoms. The summed E-state index contributed by atoms with van der Waals surface area (Å²) in [6, 6.07) is 12.4. The summed E-state index contributed by atoms with van der Waals surface area (Å²) < 4.78 is 27.6. The van der Waals surface area contributed by atoms with Gasteiger partial charge in [0.2, 0.25) is 5.13 Å². The van der Waals surface area contributed by atoms with E-state index in [9.17, 15) is 18.0 Å². The van der Waals surface area contributed by atoms with Crippen LogP contribution in [0.1, 0.15) is 41.0 Å². The van der Waals surface area contributed by atoms with E-state index in [0.29, 0.717) is 21.9 Å². The molecule has 2 aromatic carbocycles. The summed E-state index contributed by atoms with van der Waals surface area (Å²) in [4.78, 5) is 24.8. The molecule has 0 bridgehead atoms. The molecule has 0 aliphatic rings. The highest BCUT2D eigenvalue weighted by molar-refractivity contribution is 7.94. The van der Waals surface area contributed by atoms with Gasteiger partial charge in [-0.15, -0.1) is 10.2 Å². The molecule has 3 aromatic rings. The number of amides is 2. The van der Waals surface area contributed by atoms with Crippen LogP contribution in [0.3, 0.4) is 0 Å². The molecule has 0 saturated carbocycles. The molecule has 1 aromatic heterocycles. The number of halogens is 1. The van der Waals surface area contributed by atoms with Gasteiger partial charge in [0, 0.05) is 16.6 Å². The van der Waals surface area contributed by atoms with Gasteiger partial charge in [-0.3, -0.25) is 19.6 Å². The average molecular weight is 494 g/mol.